The Hall–Kier alpha value is -3.09. The molecule has 7 heteroatoms. The zero-order valence-corrected chi connectivity index (χ0v) is 14.0. The first-order valence-corrected chi connectivity index (χ1v) is 7.88. The topological polar surface area (TPSA) is 63.9 Å². The van der Waals surface area contributed by atoms with E-state index in [9.17, 15) is 9.18 Å². The Morgan fingerprint density at radius 3 is 2.48 bits per heavy atom. The van der Waals surface area contributed by atoms with Gasteiger partial charge in [0.1, 0.15) is 17.7 Å². The van der Waals surface area contributed by atoms with Crippen molar-refractivity contribution in [2.24, 2.45) is 0 Å². The van der Waals surface area contributed by atoms with Crippen molar-refractivity contribution in [3.8, 4) is 0 Å². The average Bonchev–Trinajstić information content (AvgIpc) is 3.05. The predicted octanol–water partition coefficient (Wildman–Crippen LogP) is 2.57. The molecule has 0 bridgehead atoms. The number of nitrogens with zero attached hydrogens (tertiary/aromatic N) is 5. The number of anilines is 1. The van der Waals surface area contributed by atoms with Crippen LogP contribution >= 0.6 is 0 Å². The predicted molar refractivity (Wildman–Crippen MR) is 91.5 cm³/mol. The molecule has 6 nitrogen and oxygen atoms in total. The lowest BCUT2D eigenvalue weighted by molar-refractivity contribution is -0.121. The number of carbonyl (C=O) groups is 1. The van der Waals surface area contributed by atoms with Crippen molar-refractivity contribution in [3.05, 3.63) is 71.8 Å². The number of halogens is 1. The fraction of sp³-hybridized carbons (Fsp3) is 0.222. The molecule has 3 aromatic rings. The molecule has 0 aliphatic carbocycles. The maximum atomic E-state index is 14.1. The summed E-state index contributed by atoms with van der Waals surface area (Å²) < 4.78 is 15.6. The number of likely N-dealkylation sites (N-methyl/N-ethyl adjacent to an activating group) is 1. The fourth-order valence-electron chi connectivity index (χ4n) is 2.71. The highest BCUT2D eigenvalue weighted by Crippen LogP contribution is 2.23. The van der Waals surface area contributed by atoms with Crippen molar-refractivity contribution < 1.29 is 9.18 Å². The largest absolute Gasteiger partial charge is 0.311 e. The number of benzene rings is 2. The summed E-state index contributed by atoms with van der Waals surface area (Å²) in [6.07, 6.45) is 0.407. The molecule has 0 N–H and O–H groups in total. The molecular weight excluding hydrogens is 321 g/mol. The van der Waals surface area contributed by atoms with Gasteiger partial charge in [0.2, 0.25) is 0 Å². The quantitative estimate of drug-likeness (QED) is 0.717. The summed E-state index contributed by atoms with van der Waals surface area (Å²) in [5.74, 6) is -0.217. The lowest BCUT2D eigenvalue weighted by Crippen LogP contribution is -2.37. The second-order valence-electron chi connectivity index (χ2n) is 5.72. The molecule has 2 aromatic carbocycles. The van der Waals surface area contributed by atoms with Crippen LogP contribution in [0.1, 0.15) is 17.4 Å². The van der Waals surface area contributed by atoms with E-state index in [2.05, 4.69) is 15.5 Å². The standard InChI is InChI=1S/C18H18FN5O/c1-13-20-21-22-24(13)17(12-14-8-4-3-5-9-14)18(25)23(2)16-11-7-6-10-15(16)19/h3-11,17H,12H2,1-2H3. The molecule has 25 heavy (non-hydrogen) atoms. The minimum Gasteiger partial charge on any atom is -0.311 e. The van der Waals surface area contributed by atoms with Gasteiger partial charge >= 0.3 is 0 Å². The molecule has 3 rings (SSSR count). The van der Waals surface area contributed by atoms with Gasteiger partial charge in [0.25, 0.3) is 5.91 Å². The second-order valence-corrected chi connectivity index (χ2v) is 5.72. The van der Waals surface area contributed by atoms with Crippen LogP contribution in [-0.2, 0) is 11.2 Å². The number of tetrazole rings is 1. The van der Waals surface area contributed by atoms with E-state index in [1.165, 1.54) is 15.6 Å². The summed E-state index contributed by atoms with van der Waals surface area (Å²) in [6.45, 7) is 1.73. The maximum Gasteiger partial charge on any atom is 0.252 e. The van der Waals surface area contributed by atoms with Gasteiger partial charge in [-0.15, -0.1) is 5.10 Å². The van der Waals surface area contributed by atoms with E-state index in [0.717, 1.165) is 5.56 Å². The summed E-state index contributed by atoms with van der Waals surface area (Å²) in [7, 11) is 1.55. The molecule has 0 fully saturated rings. The monoisotopic (exact) mass is 339 g/mol. The van der Waals surface area contributed by atoms with Gasteiger partial charge in [-0.2, -0.15) is 0 Å². The molecule has 1 heterocycles. The van der Waals surface area contributed by atoms with Gasteiger partial charge in [0.05, 0.1) is 5.69 Å². The molecule has 0 aliphatic rings. The van der Waals surface area contributed by atoms with Crippen molar-refractivity contribution in [2.45, 2.75) is 19.4 Å². The van der Waals surface area contributed by atoms with Crippen molar-refractivity contribution in [2.75, 3.05) is 11.9 Å². The number of para-hydroxylation sites is 1. The van der Waals surface area contributed by atoms with Crippen LogP contribution < -0.4 is 4.90 Å². The van der Waals surface area contributed by atoms with Crippen LogP contribution in [0, 0.1) is 12.7 Å². The summed E-state index contributed by atoms with van der Waals surface area (Å²) in [4.78, 5) is 14.4. The molecule has 0 saturated heterocycles. The first-order valence-electron chi connectivity index (χ1n) is 7.88. The van der Waals surface area contributed by atoms with Gasteiger partial charge in [-0.25, -0.2) is 9.07 Å². The Labute approximate surface area is 144 Å². The van der Waals surface area contributed by atoms with Gasteiger partial charge in [-0.05, 0) is 35.0 Å². The number of hydrogen-bond acceptors (Lipinski definition) is 4. The van der Waals surface area contributed by atoms with E-state index >= 15 is 0 Å². The zero-order chi connectivity index (χ0) is 17.8. The molecule has 0 spiro atoms. The highest BCUT2D eigenvalue weighted by Gasteiger charge is 2.28. The molecular formula is C18H18FN5O. The van der Waals surface area contributed by atoms with Gasteiger partial charge < -0.3 is 4.90 Å². The number of rotatable bonds is 5. The van der Waals surface area contributed by atoms with E-state index in [4.69, 9.17) is 0 Å². The Balaban J connectivity index is 1.95. The maximum absolute atomic E-state index is 14.1. The van der Waals surface area contributed by atoms with E-state index in [1.807, 2.05) is 30.3 Å². The summed E-state index contributed by atoms with van der Waals surface area (Å²) >= 11 is 0. The summed E-state index contributed by atoms with van der Waals surface area (Å²) in [5.41, 5.74) is 1.19. The first-order chi connectivity index (χ1) is 12.1. The van der Waals surface area contributed by atoms with Crippen LogP contribution in [0.25, 0.3) is 0 Å². The van der Waals surface area contributed by atoms with E-state index in [0.29, 0.717) is 12.2 Å². The van der Waals surface area contributed by atoms with E-state index in [1.54, 1.807) is 32.2 Å². The lowest BCUT2D eigenvalue weighted by atomic mass is 10.0. The van der Waals surface area contributed by atoms with E-state index in [-0.39, 0.29) is 11.6 Å². The van der Waals surface area contributed by atoms with Gasteiger partial charge in [0.15, 0.2) is 0 Å². The number of aryl methyl sites for hydroxylation is 1. The third-order valence-corrected chi connectivity index (χ3v) is 4.05. The van der Waals surface area contributed by atoms with E-state index < -0.39 is 11.9 Å². The van der Waals surface area contributed by atoms with Crippen LogP contribution in [0.2, 0.25) is 0 Å². The van der Waals surface area contributed by atoms with Crippen LogP contribution in [0.15, 0.2) is 54.6 Å². The van der Waals surface area contributed by atoms with Gasteiger partial charge in [-0.3, -0.25) is 4.79 Å². The summed E-state index contributed by atoms with van der Waals surface area (Å²) in [5, 5.41) is 11.4. The van der Waals surface area contributed by atoms with Crippen molar-refractivity contribution in [1.29, 1.82) is 0 Å². The van der Waals surface area contributed by atoms with Gasteiger partial charge in [0, 0.05) is 13.5 Å². The second kappa shape index (κ2) is 7.21. The molecule has 1 atom stereocenters. The molecule has 1 amide bonds. The fourth-order valence-corrected chi connectivity index (χ4v) is 2.71. The number of hydrogen-bond donors (Lipinski definition) is 0. The third kappa shape index (κ3) is 3.55. The number of carbonyl (C=O) groups excluding carboxylic acids is 1. The molecule has 0 aliphatic heterocycles. The van der Waals surface area contributed by atoms with Crippen LogP contribution in [-0.4, -0.2) is 33.2 Å². The Bertz CT molecular complexity index is 865. The third-order valence-electron chi connectivity index (χ3n) is 4.05. The van der Waals surface area contributed by atoms with Crippen molar-refractivity contribution in [3.63, 3.8) is 0 Å². The van der Waals surface area contributed by atoms with Crippen LogP contribution in [0.5, 0.6) is 0 Å². The lowest BCUT2D eigenvalue weighted by Gasteiger charge is -2.24. The minimum atomic E-state index is -0.665. The molecule has 0 saturated carbocycles. The Kier molecular flexibility index (Phi) is 4.83. The van der Waals surface area contributed by atoms with Gasteiger partial charge in [-0.1, -0.05) is 42.5 Å². The number of aromatic nitrogens is 4. The average molecular weight is 339 g/mol. The molecule has 0 radical (unpaired) electrons. The SMILES string of the molecule is Cc1nnnn1C(Cc1ccccc1)C(=O)N(C)c1ccccc1F. The zero-order valence-electron chi connectivity index (χ0n) is 14.0. The highest BCUT2D eigenvalue weighted by molar-refractivity contribution is 5.95. The minimum absolute atomic E-state index is 0.219. The highest BCUT2D eigenvalue weighted by atomic mass is 19.1. The molecule has 128 valence electrons. The van der Waals surface area contributed by atoms with Crippen molar-refractivity contribution in [1.82, 2.24) is 20.2 Å². The normalized spacial score (nSPS) is 12.0. The first kappa shape index (κ1) is 16.8. The molecule has 1 aromatic heterocycles. The number of amides is 1. The van der Waals surface area contributed by atoms with Crippen molar-refractivity contribution >= 4 is 11.6 Å². The van der Waals surface area contributed by atoms with Crippen LogP contribution in [0.3, 0.4) is 0 Å². The van der Waals surface area contributed by atoms with Crippen LogP contribution in [0.4, 0.5) is 10.1 Å². The Morgan fingerprint density at radius 1 is 1.16 bits per heavy atom. The molecule has 1 unspecified atom stereocenters. The summed E-state index contributed by atoms with van der Waals surface area (Å²) in [6, 6.07) is 15.1. The Morgan fingerprint density at radius 2 is 1.84 bits per heavy atom. The smallest absolute Gasteiger partial charge is 0.252 e.